The van der Waals surface area contributed by atoms with E-state index in [0.29, 0.717) is 17.7 Å². The number of piperidine rings is 1. The van der Waals surface area contributed by atoms with E-state index in [1.807, 2.05) is 11.6 Å². The van der Waals surface area contributed by atoms with Crippen molar-refractivity contribution in [1.29, 1.82) is 0 Å². The number of halogens is 1. The Morgan fingerprint density at radius 3 is 2.68 bits per heavy atom. The highest BCUT2D eigenvalue weighted by atomic mass is 35.5. The minimum absolute atomic E-state index is 0. The largest absolute Gasteiger partial charge is 0.348 e. The van der Waals surface area contributed by atoms with Gasteiger partial charge in [-0.15, -0.1) is 17.5 Å². The van der Waals surface area contributed by atoms with E-state index in [1.165, 1.54) is 0 Å². The smallest absolute Gasteiger partial charge is 0.273 e. The van der Waals surface area contributed by atoms with Crippen LogP contribution in [0.3, 0.4) is 0 Å². The van der Waals surface area contributed by atoms with Gasteiger partial charge in [0.1, 0.15) is 0 Å². The average Bonchev–Trinajstić information content (AvgIpc) is 2.96. The molecule has 126 valence electrons. The maximum Gasteiger partial charge on any atom is 0.273 e. The second kappa shape index (κ2) is 9.10. The van der Waals surface area contributed by atoms with Crippen LogP contribution in [0.5, 0.6) is 0 Å². The third-order valence-electron chi connectivity index (χ3n) is 3.98. The molecule has 7 heteroatoms. The van der Waals surface area contributed by atoms with Crippen molar-refractivity contribution in [2.45, 2.75) is 58.5 Å². The van der Waals surface area contributed by atoms with Crippen LogP contribution in [0.4, 0.5) is 0 Å². The number of rotatable bonds is 6. The molecular weight excluding hydrogens is 302 g/mol. The zero-order valence-corrected chi connectivity index (χ0v) is 14.5. The molecule has 2 rings (SSSR count). The normalized spacial score (nSPS) is 17.1. The topological polar surface area (TPSA) is 71.8 Å². The Labute approximate surface area is 138 Å². The summed E-state index contributed by atoms with van der Waals surface area (Å²) >= 11 is 0. The highest BCUT2D eigenvalue weighted by molar-refractivity contribution is 5.92. The summed E-state index contributed by atoms with van der Waals surface area (Å²) in [5.41, 5.74) is 0.421. The van der Waals surface area contributed by atoms with E-state index < -0.39 is 0 Å². The first kappa shape index (κ1) is 18.9. The first-order valence-corrected chi connectivity index (χ1v) is 7.99. The van der Waals surface area contributed by atoms with E-state index in [2.05, 4.69) is 34.8 Å². The van der Waals surface area contributed by atoms with Crippen LogP contribution in [0.15, 0.2) is 6.20 Å². The highest BCUT2D eigenvalue weighted by Crippen LogP contribution is 2.17. The number of carbonyl (C=O) groups is 1. The summed E-state index contributed by atoms with van der Waals surface area (Å²) in [6, 6.07) is 0.530. The van der Waals surface area contributed by atoms with Gasteiger partial charge in [0.05, 0.1) is 12.2 Å². The molecular formula is C15H28ClN5O. The Hall–Kier alpha value is -1.14. The van der Waals surface area contributed by atoms with E-state index >= 15 is 0 Å². The Morgan fingerprint density at radius 1 is 1.36 bits per heavy atom. The Kier molecular flexibility index (Phi) is 7.82. The number of nitrogens with zero attached hydrogens (tertiary/aromatic N) is 3. The zero-order valence-electron chi connectivity index (χ0n) is 13.7. The van der Waals surface area contributed by atoms with Crippen LogP contribution >= 0.6 is 12.4 Å². The standard InChI is InChI=1S/C15H27N5O.ClH/c1-11(2)4-5-12(3)17-15(21)14-10-20(19-18-14)13-6-8-16-9-7-13;/h10-13,16H,4-9H2,1-3H3,(H,17,21);1H. The lowest BCUT2D eigenvalue weighted by Gasteiger charge is -2.22. The first-order valence-electron chi connectivity index (χ1n) is 7.99. The molecule has 2 N–H and O–H groups in total. The molecule has 0 bridgehead atoms. The van der Waals surface area contributed by atoms with E-state index in [0.717, 1.165) is 38.8 Å². The molecule has 0 aromatic carbocycles. The molecule has 1 fully saturated rings. The van der Waals surface area contributed by atoms with Crippen molar-refractivity contribution in [3.05, 3.63) is 11.9 Å². The van der Waals surface area contributed by atoms with Crippen molar-refractivity contribution in [3.8, 4) is 0 Å². The van der Waals surface area contributed by atoms with Crippen LogP contribution in [0.1, 0.15) is 63.0 Å². The van der Waals surface area contributed by atoms with Crippen LogP contribution in [0, 0.1) is 5.92 Å². The number of aromatic nitrogens is 3. The minimum Gasteiger partial charge on any atom is -0.348 e. The third-order valence-corrected chi connectivity index (χ3v) is 3.98. The molecule has 1 aromatic rings. The predicted octanol–water partition coefficient (Wildman–Crippen LogP) is 2.18. The fourth-order valence-corrected chi connectivity index (χ4v) is 2.58. The Balaban J connectivity index is 0.00000242. The van der Waals surface area contributed by atoms with Crippen molar-refractivity contribution >= 4 is 18.3 Å². The SMILES string of the molecule is CC(C)CCC(C)NC(=O)c1cn(C2CCNCC2)nn1.Cl. The summed E-state index contributed by atoms with van der Waals surface area (Å²) in [6.07, 6.45) is 5.96. The lowest BCUT2D eigenvalue weighted by Crippen LogP contribution is -2.33. The van der Waals surface area contributed by atoms with E-state index in [4.69, 9.17) is 0 Å². The van der Waals surface area contributed by atoms with Gasteiger partial charge in [-0.3, -0.25) is 4.79 Å². The lowest BCUT2D eigenvalue weighted by molar-refractivity contribution is 0.0932. The van der Waals surface area contributed by atoms with Gasteiger partial charge in [0, 0.05) is 6.04 Å². The maximum atomic E-state index is 12.2. The molecule has 1 aliphatic rings. The van der Waals surface area contributed by atoms with Crippen LogP contribution in [-0.4, -0.2) is 40.0 Å². The molecule has 1 aliphatic heterocycles. The second-order valence-electron chi connectivity index (χ2n) is 6.41. The summed E-state index contributed by atoms with van der Waals surface area (Å²) in [5, 5.41) is 14.5. The number of hydrogen-bond donors (Lipinski definition) is 2. The van der Waals surface area contributed by atoms with Crippen molar-refractivity contribution in [3.63, 3.8) is 0 Å². The van der Waals surface area contributed by atoms with Gasteiger partial charge in [-0.2, -0.15) is 0 Å². The van der Waals surface area contributed by atoms with Gasteiger partial charge >= 0.3 is 0 Å². The van der Waals surface area contributed by atoms with Crippen LogP contribution in [0.25, 0.3) is 0 Å². The highest BCUT2D eigenvalue weighted by Gasteiger charge is 2.19. The van der Waals surface area contributed by atoms with E-state index in [9.17, 15) is 4.79 Å². The molecule has 1 amide bonds. The average molecular weight is 330 g/mol. The van der Waals surface area contributed by atoms with Crippen LogP contribution in [-0.2, 0) is 0 Å². The second-order valence-corrected chi connectivity index (χ2v) is 6.41. The van der Waals surface area contributed by atoms with E-state index in [-0.39, 0.29) is 24.4 Å². The van der Waals surface area contributed by atoms with Crippen molar-refractivity contribution < 1.29 is 4.79 Å². The quantitative estimate of drug-likeness (QED) is 0.839. The molecule has 6 nitrogen and oxygen atoms in total. The molecule has 1 atom stereocenters. The van der Waals surface area contributed by atoms with Gasteiger partial charge in [-0.05, 0) is 51.6 Å². The van der Waals surface area contributed by atoms with Gasteiger partial charge in [0.2, 0.25) is 0 Å². The van der Waals surface area contributed by atoms with Gasteiger partial charge in [0.15, 0.2) is 5.69 Å². The van der Waals surface area contributed by atoms with Gasteiger partial charge < -0.3 is 10.6 Å². The summed E-state index contributed by atoms with van der Waals surface area (Å²) in [4.78, 5) is 12.2. The molecule has 0 aliphatic carbocycles. The molecule has 1 unspecified atom stereocenters. The molecule has 1 aromatic heterocycles. The van der Waals surface area contributed by atoms with E-state index in [1.54, 1.807) is 6.20 Å². The zero-order chi connectivity index (χ0) is 15.2. The molecule has 0 spiro atoms. The van der Waals surface area contributed by atoms with Gasteiger partial charge in [0.25, 0.3) is 5.91 Å². The number of carbonyl (C=O) groups excluding carboxylic acids is 1. The minimum atomic E-state index is -0.119. The number of nitrogens with one attached hydrogen (secondary N) is 2. The fourth-order valence-electron chi connectivity index (χ4n) is 2.58. The van der Waals surface area contributed by atoms with Crippen LogP contribution < -0.4 is 10.6 Å². The van der Waals surface area contributed by atoms with Crippen molar-refractivity contribution in [2.75, 3.05) is 13.1 Å². The third kappa shape index (κ3) is 5.57. The number of amides is 1. The molecule has 1 saturated heterocycles. The van der Waals surface area contributed by atoms with Gasteiger partial charge in [-0.1, -0.05) is 19.1 Å². The van der Waals surface area contributed by atoms with Crippen molar-refractivity contribution in [1.82, 2.24) is 25.6 Å². The molecule has 2 heterocycles. The Morgan fingerprint density at radius 2 is 2.05 bits per heavy atom. The molecule has 0 radical (unpaired) electrons. The summed E-state index contributed by atoms with van der Waals surface area (Å²) in [5.74, 6) is 0.538. The number of hydrogen-bond acceptors (Lipinski definition) is 4. The monoisotopic (exact) mass is 329 g/mol. The summed E-state index contributed by atoms with van der Waals surface area (Å²) in [6.45, 7) is 8.42. The first-order chi connectivity index (χ1) is 10.1. The van der Waals surface area contributed by atoms with Crippen molar-refractivity contribution in [2.24, 2.45) is 5.92 Å². The van der Waals surface area contributed by atoms with Gasteiger partial charge in [-0.25, -0.2) is 4.68 Å². The Bertz CT molecular complexity index is 457. The maximum absolute atomic E-state index is 12.2. The molecule has 22 heavy (non-hydrogen) atoms. The summed E-state index contributed by atoms with van der Waals surface area (Å²) in [7, 11) is 0. The molecule has 0 saturated carbocycles. The fraction of sp³-hybridized carbons (Fsp3) is 0.800. The van der Waals surface area contributed by atoms with Crippen LogP contribution in [0.2, 0.25) is 0 Å². The predicted molar refractivity (Wildman–Crippen MR) is 89.4 cm³/mol. The lowest BCUT2D eigenvalue weighted by atomic mass is 10.0. The summed E-state index contributed by atoms with van der Waals surface area (Å²) < 4.78 is 1.84.